The number of nitriles is 2. The van der Waals surface area contributed by atoms with E-state index >= 15 is 0 Å². The average molecular weight is 348 g/mol. The molecular formula is C19H14ClN5. The Kier molecular flexibility index (Phi) is 4.99. The number of fused-ring (bicyclic) bond motifs is 1. The maximum Gasteiger partial charge on any atom is 0.145 e. The molecule has 0 aliphatic carbocycles. The molecule has 25 heavy (non-hydrogen) atoms. The van der Waals surface area contributed by atoms with Crippen LogP contribution in [0.5, 0.6) is 0 Å². The highest BCUT2D eigenvalue weighted by atomic mass is 35.5. The van der Waals surface area contributed by atoms with E-state index in [1.807, 2.05) is 60.9 Å². The monoisotopic (exact) mass is 347 g/mol. The molecule has 0 radical (unpaired) electrons. The number of allylic oxidation sites excluding steroid dienone is 1. The summed E-state index contributed by atoms with van der Waals surface area (Å²) in [5.41, 5.74) is 3.90. The van der Waals surface area contributed by atoms with Gasteiger partial charge in [0.05, 0.1) is 17.4 Å². The molecule has 2 aromatic carbocycles. The van der Waals surface area contributed by atoms with E-state index in [0.717, 1.165) is 34.7 Å². The average Bonchev–Trinajstić information content (AvgIpc) is 3.04. The number of anilines is 1. The summed E-state index contributed by atoms with van der Waals surface area (Å²) in [6.07, 6.45) is 4.09. The van der Waals surface area contributed by atoms with Crippen LogP contribution in [0.15, 0.2) is 60.6 Å². The van der Waals surface area contributed by atoms with Gasteiger partial charge in [-0.05, 0) is 42.3 Å². The Morgan fingerprint density at radius 1 is 1.16 bits per heavy atom. The summed E-state index contributed by atoms with van der Waals surface area (Å²) in [4.78, 5) is 4.42. The second kappa shape index (κ2) is 7.53. The van der Waals surface area contributed by atoms with Crippen molar-refractivity contribution in [3.63, 3.8) is 0 Å². The lowest BCUT2D eigenvalue weighted by atomic mass is 10.1. The molecule has 3 rings (SSSR count). The van der Waals surface area contributed by atoms with Crippen LogP contribution in [-0.4, -0.2) is 9.55 Å². The van der Waals surface area contributed by atoms with E-state index in [1.165, 1.54) is 11.8 Å². The molecule has 3 aromatic rings. The summed E-state index contributed by atoms with van der Waals surface area (Å²) in [7, 11) is 0. The molecular weight excluding hydrogens is 334 g/mol. The Balaban J connectivity index is 1.74. The maximum absolute atomic E-state index is 8.74. The van der Waals surface area contributed by atoms with Gasteiger partial charge in [0.1, 0.15) is 17.7 Å². The van der Waals surface area contributed by atoms with Crippen LogP contribution in [0, 0.1) is 22.7 Å². The zero-order valence-electron chi connectivity index (χ0n) is 13.3. The first-order chi connectivity index (χ1) is 12.2. The number of rotatable bonds is 5. The second-order valence-electron chi connectivity index (χ2n) is 5.44. The fraction of sp³-hybridized carbons (Fsp3) is 0.105. The minimum atomic E-state index is 0.0218. The number of aryl methyl sites for hydroxylation is 2. The van der Waals surface area contributed by atoms with Gasteiger partial charge in [0, 0.05) is 23.5 Å². The number of hydrogen-bond donors (Lipinski definition) is 1. The first kappa shape index (κ1) is 16.6. The number of imidazole rings is 1. The Labute approximate surface area is 150 Å². The second-order valence-corrected chi connectivity index (χ2v) is 5.88. The summed E-state index contributed by atoms with van der Waals surface area (Å²) in [6, 6.07) is 17.2. The predicted molar refractivity (Wildman–Crippen MR) is 97.8 cm³/mol. The zero-order chi connectivity index (χ0) is 17.6. The van der Waals surface area contributed by atoms with Crippen molar-refractivity contribution in [3.8, 4) is 12.1 Å². The van der Waals surface area contributed by atoms with E-state index in [2.05, 4.69) is 14.9 Å². The van der Waals surface area contributed by atoms with Crippen LogP contribution >= 0.6 is 11.6 Å². The number of hydrogen-bond acceptors (Lipinski definition) is 4. The molecule has 1 aromatic heterocycles. The molecule has 0 saturated heterocycles. The van der Waals surface area contributed by atoms with Gasteiger partial charge in [-0.25, -0.2) is 4.98 Å². The normalized spacial score (nSPS) is 10.0. The van der Waals surface area contributed by atoms with Gasteiger partial charge in [-0.1, -0.05) is 23.7 Å². The van der Waals surface area contributed by atoms with Gasteiger partial charge >= 0.3 is 0 Å². The van der Waals surface area contributed by atoms with Crippen LogP contribution in [0.4, 0.5) is 5.69 Å². The zero-order valence-corrected chi connectivity index (χ0v) is 14.0. The van der Waals surface area contributed by atoms with Crippen LogP contribution in [0.1, 0.15) is 5.56 Å². The third-order valence-electron chi connectivity index (χ3n) is 3.80. The number of halogens is 1. The van der Waals surface area contributed by atoms with Gasteiger partial charge in [0.2, 0.25) is 0 Å². The fourth-order valence-electron chi connectivity index (χ4n) is 2.48. The summed E-state index contributed by atoms with van der Waals surface area (Å²) in [5, 5.41) is 21.2. The van der Waals surface area contributed by atoms with Gasteiger partial charge in [-0.2, -0.15) is 10.5 Å². The van der Waals surface area contributed by atoms with Crippen molar-refractivity contribution in [1.29, 1.82) is 10.5 Å². The van der Waals surface area contributed by atoms with Gasteiger partial charge in [-0.15, -0.1) is 0 Å². The van der Waals surface area contributed by atoms with Gasteiger partial charge in [-0.3, -0.25) is 0 Å². The highest BCUT2D eigenvalue weighted by molar-refractivity contribution is 6.30. The van der Waals surface area contributed by atoms with Gasteiger partial charge in [0.25, 0.3) is 0 Å². The van der Waals surface area contributed by atoms with Crippen molar-refractivity contribution < 1.29 is 0 Å². The largest absolute Gasteiger partial charge is 0.360 e. The topological polar surface area (TPSA) is 77.4 Å². The molecule has 0 amide bonds. The molecule has 0 atom stereocenters. The van der Waals surface area contributed by atoms with Crippen molar-refractivity contribution in [3.05, 3.63) is 71.2 Å². The smallest absolute Gasteiger partial charge is 0.145 e. The summed E-state index contributed by atoms with van der Waals surface area (Å²) < 4.78 is 2.10. The van der Waals surface area contributed by atoms with Crippen molar-refractivity contribution in [2.24, 2.45) is 0 Å². The molecule has 0 unspecified atom stereocenters. The molecule has 0 bridgehead atoms. The van der Waals surface area contributed by atoms with Crippen LogP contribution in [0.2, 0.25) is 5.02 Å². The lowest BCUT2D eigenvalue weighted by Gasteiger charge is -2.06. The standard InChI is InChI=1S/C19H14ClN5/c20-16-3-1-14(2-4-16)7-8-25-13-24-18-9-17(5-6-19(18)25)23-12-15(10-21)11-22/h1-6,9,12-13,23H,7-8H2. The molecule has 0 saturated carbocycles. The molecule has 1 heterocycles. The minimum absolute atomic E-state index is 0.0218. The molecule has 122 valence electrons. The Morgan fingerprint density at radius 2 is 1.92 bits per heavy atom. The van der Waals surface area contributed by atoms with Crippen molar-refractivity contribution >= 4 is 28.3 Å². The van der Waals surface area contributed by atoms with E-state index < -0.39 is 0 Å². The highest BCUT2D eigenvalue weighted by Gasteiger charge is 2.04. The number of benzene rings is 2. The van der Waals surface area contributed by atoms with E-state index in [-0.39, 0.29) is 5.57 Å². The molecule has 5 nitrogen and oxygen atoms in total. The Bertz CT molecular complexity index is 987. The molecule has 1 N–H and O–H groups in total. The minimum Gasteiger partial charge on any atom is -0.360 e. The van der Waals surface area contributed by atoms with Crippen molar-refractivity contribution in [1.82, 2.24) is 9.55 Å². The third kappa shape index (κ3) is 3.98. The fourth-order valence-corrected chi connectivity index (χ4v) is 2.60. The molecule has 0 aliphatic heterocycles. The van der Waals surface area contributed by atoms with E-state index in [0.29, 0.717) is 0 Å². The quantitative estimate of drug-likeness (QED) is 0.699. The van der Waals surface area contributed by atoms with E-state index in [9.17, 15) is 0 Å². The molecule has 0 aliphatic rings. The van der Waals surface area contributed by atoms with Gasteiger partial charge < -0.3 is 9.88 Å². The Morgan fingerprint density at radius 3 is 2.64 bits per heavy atom. The van der Waals surface area contributed by atoms with E-state index in [4.69, 9.17) is 22.1 Å². The molecule has 0 fully saturated rings. The lowest BCUT2D eigenvalue weighted by molar-refractivity contribution is 0.716. The first-order valence-electron chi connectivity index (χ1n) is 7.66. The van der Waals surface area contributed by atoms with Crippen LogP contribution < -0.4 is 5.32 Å². The molecule has 0 spiro atoms. The number of nitrogens with one attached hydrogen (secondary N) is 1. The van der Waals surface area contributed by atoms with Crippen LogP contribution in [0.3, 0.4) is 0 Å². The van der Waals surface area contributed by atoms with Gasteiger partial charge in [0.15, 0.2) is 0 Å². The predicted octanol–water partition coefficient (Wildman–Crippen LogP) is 4.28. The highest BCUT2D eigenvalue weighted by Crippen LogP contribution is 2.19. The van der Waals surface area contributed by atoms with Crippen LogP contribution in [-0.2, 0) is 13.0 Å². The van der Waals surface area contributed by atoms with Crippen molar-refractivity contribution in [2.45, 2.75) is 13.0 Å². The number of aromatic nitrogens is 2. The van der Waals surface area contributed by atoms with Crippen molar-refractivity contribution in [2.75, 3.05) is 5.32 Å². The maximum atomic E-state index is 8.74. The first-order valence-corrected chi connectivity index (χ1v) is 8.03. The molecule has 6 heteroatoms. The summed E-state index contributed by atoms with van der Waals surface area (Å²) in [6.45, 7) is 0.817. The van der Waals surface area contributed by atoms with Crippen LogP contribution in [0.25, 0.3) is 11.0 Å². The summed E-state index contributed by atoms with van der Waals surface area (Å²) in [5.74, 6) is 0. The third-order valence-corrected chi connectivity index (χ3v) is 4.05. The summed E-state index contributed by atoms with van der Waals surface area (Å²) >= 11 is 5.91. The van der Waals surface area contributed by atoms with E-state index in [1.54, 1.807) is 0 Å². The SMILES string of the molecule is N#CC(C#N)=CNc1ccc2c(c1)ncn2CCc1ccc(Cl)cc1. The lowest BCUT2D eigenvalue weighted by Crippen LogP contribution is -1.99. The number of nitrogens with zero attached hydrogens (tertiary/aromatic N) is 4. The Hall–Kier alpha value is -3.28.